The highest BCUT2D eigenvalue weighted by atomic mass is 32.2. The van der Waals surface area contributed by atoms with Gasteiger partial charge in [0, 0.05) is 10.9 Å². The van der Waals surface area contributed by atoms with Gasteiger partial charge in [0.1, 0.15) is 0 Å². The van der Waals surface area contributed by atoms with Crippen LogP contribution in [-0.4, -0.2) is 30.3 Å². The summed E-state index contributed by atoms with van der Waals surface area (Å²) in [5, 5.41) is 3.16. The highest BCUT2D eigenvalue weighted by Crippen LogP contribution is 2.61. The maximum atomic E-state index is 12.4. The standard InChI is InChI=1S/C24H33NO3S/c1-15-4-5-21(16(2)6-15)29-14-23(27)28-13-22(26)25-17(3)24-10-18-7-19(11-24)9-20(8-18)12-24/h4-6,17-20H,7-14H2,1-3H3,(H,25,26)/t17-,18?,19?,20?,24?/m0/s1. The zero-order valence-electron chi connectivity index (χ0n) is 17.8. The van der Waals surface area contributed by atoms with Crippen molar-refractivity contribution in [2.45, 2.75) is 70.2 Å². The van der Waals surface area contributed by atoms with Gasteiger partial charge in [0.15, 0.2) is 6.61 Å². The number of amides is 1. The average Bonchev–Trinajstić information content (AvgIpc) is 2.64. The number of thioether (sulfide) groups is 1. The Bertz CT molecular complexity index is 755. The van der Waals surface area contributed by atoms with Crippen molar-refractivity contribution in [2.75, 3.05) is 12.4 Å². The number of hydrogen-bond acceptors (Lipinski definition) is 4. The Labute approximate surface area is 178 Å². The van der Waals surface area contributed by atoms with Crippen LogP contribution in [0.1, 0.15) is 56.6 Å². The van der Waals surface area contributed by atoms with E-state index in [2.05, 4.69) is 25.2 Å². The monoisotopic (exact) mass is 415 g/mol. The molecule has 0 unspecified atom stereocenters. The molecule has 0 saturated heterocycles. The first-order valence-corrected chi connectivity index (χ1v) is 12.0. The van der Waals surface area contributed by atoms with Crippen LogP contribution in [-0.2, 0) is 14.3 Å². The topological polar surface area (TPSA) is 55.4 Å². The van der Waals surface area contributed by atoms with Crippen LogP contribution in [0.2, 0.25) is 0 Å². The Morgan fingerprint density at radius 2 is 1.76 bits per heavy atom. The molecule has 4 fully saturated rings. The van der Waals surface area contributed by atoms with E-state index in [1.807, 2.05) is 19.1 Å². The zero-order valence-corrected chi connectivity index (χ0v) is 18.6. The molecule has 1 atom stereocenters. The number of aryl methyl sites for hydroxylation is 2. The smallest absolute Gasteiger partial charge is 0.316 e. The van der Waals surface area contributed by atoms with Gasteiger partial charge in [0.05, 0.1) is 5.75 Å². The van der Waals surface area contributed by atoms with Gasteiger partial charge in [-0.2, -0.15) is 0 Å². The van der Waals surface area contributed by atoms with Crippen molar-refractivity contribution in [3.8, 4) is 0 Å². The molecule has 4 aliphatic carbocycles. The molecule has 4 aliphatic rings. The van der Waals surface area contributed by atoms with Crippen molar-refractivity contribution in [3.05, 3.63) is 29.3 Å². The molecule has 1 amide bonds. The lowest BCUT2D eigenvalue weighted by Crippen LogP contribution is -2.56. The van der Waals surface area contributed by atoms with E-state index in [9.17, 15) is 9.59 Å². The zero-order chi connectivity index (χ0) is 20.6. The molecule has 1 N–H and O–H groups in total. The minimum Gasteiger partial charge on any atom is -0.455 e. The van der Waals surface area contributed by atoms with Crippen LogP contribution in [0.15, 0.2) is 23.1 Å². The Morgan fingerprint density at radius 3 is 2.34 bits per heavy atom. The van der Waals surface area contributed by atoms with E-state index in [1.165, 1.54) is 55.9 Å². The van der Waals surface area contributed by atoms with Gasteiger partial charge in [-0.3, -0.25) is 9.59 Å². The molecule has 5 heteroatoms. The largest absolute Gasteiger partial charge is 0.455 e. The van der Waals surface area contributed by atoms with Crippen LogP contribution >= 0.6 is 11.8 Å². The van der Waals surface area contributed by atoms with Crippen LogP contribution in [0.4, 0.5) is 0 Å². The van der Waals surface area contributed by atoms with Crippen molar-refractivity contribution in [1.29, 1.82) is 0 Å². The molecule has 0 aromatic heterocycles. The minimum absolute atomic E-state index is 0.159. The highest BCUT2D eigenvalue weighted by molar-refractivity contribution is 8.00. The summed E-state index contributed by atoms with van der Waals surface area (Å²) >= 11 is 1.46. The van der Waals surface area contributed by atoms with Gasteiger partial charge in [0.2, 0.25) is 0 Å². The molecule has 0 spiro atoms. The van der Waals surface area contributed by atoms with Crippen LogP contribution in [0.5, 0.6) is 0 Å². The fraction of sp³-hybridized carbons (Fsp3) is 0.667. The maximum Gasteiger partial charge on any atom is 0.316 e. The van der Waals surface area contributed by atoms with E-state index >= 15 is 0 Å². The summed E-state index contributed by atoms with van der Waals surface area (Å²) in [6.45, 7) is 6.07. The fourth-order valence-electron chi connectivity index (χ4n) is 6.43. The second-order valence-corrected chi connectivity index (χ2v) is 10.8. The summed E-state index contributed by atoms with van der Waals surface area (Å²) in [5.74, 6) is 2.30. The number of ether oxygens (including phenoxy) is 1. The van der Waals surface area contributed by atoms with Gasteiger partial charge in [-0.15, -0.1) is 11.8 Å². The van der Waals surface area contributed by atoms with E-state index in [-0.39, 0.29) is 35.7 Å². The summed E-state index contributed by atoms with van der Waals surface area (Å²) in [4.78, 5) is 25.6. The molecule has 5 rings (SSSR count). The molecule has 0 heterocycles. The van der Waals surface area contributed by atoms with E-state index in [0.717, 1.165) is 28.2 Å². The molecule has 1 aromatic rings. The first kappa shape index (κ1) is 20.8. The highest BCUT2D eigenvalue weighted by Gasteiger charge is 2.53. The predicted octanol–water partition coefficient (Wildman–Crippen LogP) is 4.66. The van der Waals surface area contributed by atoms with E-state index < -0.39 is 0 Å². The Morgan fingerprint density at radius 1 is 1.14 bits per heavy atom. The number of benzene rings is 1. The van der Waals surface area contributed by atoms with Crippen molar-refractivity contribution in [3.63, 3.8) is 0 Å². The van der Waals surface area contributed by atoms with Crippen molar-refractivity contribution >= 4 is 23.6 Å². The lowest BCUT2D eigenvalue weighted by Gasteiger charge is -2.59. The molecule has 0 radical (unpaired) electrons. The number of rotatable bonds is 7. The predicted molar refractivity (Wildman–Crippen MR) is 116 cm³/mol. The number of nitrogens with one attached hydrogen (secondary N) is 1. The first-order valence-electron chi connectivity index (χ1n) is 11.0. The number of carbonyl (C=O) groups is 2. The lowest BCUT2D eigenvalue weighted by atomic mass is 9.48. The van der Waals surface area contributed by atoms with Gasteiger partial charge in [-0.25, -0.2) is 0 Å². The first-order chi connectivity index (χ1) is 13.8. The van der Waals surface area contributed by atoms with Crippen LogP contribution in [0, 0.1) is 37.0 Å². The molecule has 1 aromatic carbocycles. The quantitative estimate of drug-likeness (QED) is 0.520. The molecule has 0 aliphatic heterocycles. The van der Waals surface area contributed by atoms with E-state index in [1.54, 1.807) is 0 Å². The van der Waals surface area contributed by atoms with Crippen LogP contribution in [0.25, 0.3) is 0 Å². The van der Waals surface area contributed by atoms with Crippen LogP contribution in [0.3, 0.4) is 0 Å². The molecular weight excluding hydrogens is 382 g/mol. The second-order valence-electron chi connectivity index (χ2n) is 9.79. The third kappa shape index (κ3) is 4.65. The third-order valence-corrected chi connectivity index (χ3v) is 8.57. The third-order valence-electron chi connectivity index (χ3n) is 7.42. The van der Waals surface area contributed by atoms with E-state index in [0.29, 0.717) is 0 Å². The Hall–Kier alpha value is -1.49. The SMILES string of the molecule is Cc1ccc(SCC(=O)OCC(=O)N[C@@H](C)C23CC4CC(CC(C4)C2)C3)c(C)c1. The maximum absolute atomic E-state index is 12.4. The molecule has 29 heavy (non-hydrogen) atoms. The molecular formula is C24H33NO3S. The lowest BCUT2D eigenvalue weighted by molar-refractivity contribution is -0.147. The summed E-state index contributed by atoms with van der Waals surface area (Å²) < 4.78 is 5.24. The van der Waals surface area contributed by atoms with Gasteiger partial charge >= 0.3 is 5.97 Å². The second kappa shape index (κ2) is 8.33. The van der Waals surface area contributed by atoms with Gasteiger partial charge in [0.25, 0.3) is 5.91 Å². The molecule has 4 nitrogen and oxygen atoms in total. The minimum atomic E-state index is -0.340. The number of esters is 1. The van der Waals surface area contributed by atoms with Crippen LogP contribution < -0.4 is 5.32 Å². The van der Waals surface area contributed by atoms with Gasteiger partial charge < -0.3 is 10.1 Å². The average molecular weight is 416 g/mol. The Balaban J connectivity index is 1.22. The summed E-state index contributed by atoms with van der Waals surface area (Å²) in [6, 6.07) is 6.33. The summed E-state index contributed by atoms with van der Waals surface area (Å²) in [6.07, 6.45) is 7.97. The van der Waals surface area contributed by atoms with Crippen molar-refractivity contribution in [2.24, 2.45) is 23.2 Å². The fourth-order valence-corrected chi connectivity index (χ4v) is 7.24. The van der Waals surface area contributed by atoms with E-state index in [4.69, 9.17) is 4.74 Å². The molecule has 4 saturated carbocycles. The summed E-state index contributed by atoms with van der Waals surface area (Å²) in [5.41, 5.74) is 2.64. The van der Waals surface area contributed by atoms with Gasteiger partial charge in [-0.05, 0) is 94.1 Å². The van der Waals surface area contributed by atoms with Gasteiger partial charge in [-0.1, -0.05) is 17.7 Å². The van der Waals surface area contributed by atoms with Crippen molar-refractivity contribution in [1.82, 2.24) is 5.32 Å². The number of carbonyl (C=O) groups excluding carboxylic acids is 2. The van der Waals surface area contributed by atoms with Crippen molar-refractivity contribution < 1.29 is 14.3 Å². The Kier molecular flexibility index (Phi) is 5.97. The summed E-state index contributed by atoms with van der Waals surface area (Å²) in [7, 11) is 0. The normalized spacial score (nSPS) is 30.8. The molecule has 158 valence electrons. The number of hydrogen-bond donors (Lipinski definition) is 1. The molecule has 4 bridgehead atoms.